The Morgan fingerprint density at radius 3 is 2.42 bits per heavy atom. The molecule has 5 nitrogen and oxygen atoms in total. The van der Waals surface area contributed by atoms with Gasteiger partial charge in [0, 0.05) is 20.6 Å². The van der Waals surface area contributed by atoms with Crippen LogP contribution in [0.2, 0.25) is 0 Å². The first kappa shape index (κ1) is 14.0. The Labute approximate surface area is 112 Å². The van der Waals surface area contributed by atoms with Crippen molar-refractivity contribution in [1.82, 2.24) is 0 Å². The van der Waals surface area contributed by atoms with Crippen LogP contribution in [0.5, 0.6) is 0 Å². The van der Waals surface area contributed by atoms with Gasteiger partial charge < -0.3 is 18.9 Å². The molecule has 1 heterocycles. The van der Waals surface area contributed by atoms with Crippen LogP contribution < -0.4 is 0 Å². The summed E-state index contributed by atoms with van der Waals surface area (Å²) in [6.45, 7) is 1.91. The second-order valence-corrected chi connectivity index (χ2v) is 4.38. The number of hydrogen-bond acceptors (Lipinski definition) is 5. The summed E-state index contributed by atoms with van der Waals surface area (Å²) in [4.78, 5) is 10.4. The Bertz CT molecular complexity index is 444. The number of rotatable bonds is 6. The van der Waals surface area contributed by atoms with E-state index in [0.29, 0.717) is 32.7 Å². The second-order valence-electron chi connectivity index (χ2n) is 4.38. The Morgan fingerprint density at radius 2 is 1.84 bits per heavy atom. The lowest BCUT2D eigenvalue weighted by atomic mass is 9.92. The number of methoxy groups -OCH3 is 2. The molecule has 0 saturated heterocycles. The lowest BCUT2D eigenvalue weighted by Gasteiger charge is -2.27. The summed E-state index contributed by atoms with van der Waals surface area (Å²) in [7, 11) is 3.33. The highest BCUT2D eigenvalue weighted by molar-refractivity contribution is 5.43. The van der Waals surface area contributed by atoms with Gasteiger partial charge in [-0.1, -0.05) is 12.1 Å². The molecule has 0 amide bonds. The van der Waals surface area contributed by atoms with Crippen LogP contribution in [0, 0.1) is 0 Å². The number of ether oxygens (including phenoxy) is 4. The van der Waals surface area contributed by atoms with E-state index in [4.69, 9.17) is 18.9 Å². The first-order chi connectivity index (χ1) is 9.30. The fourth-order valence-corrected chi connectivity index (χ4v) is 2.36. The van der Waals surface area contributed by atoms with Crippen molar-refractivity contribution < 1.29 is 23.7 Å². The number of carbonyl (C=O) groups excluding carboxylic acids is 1. The molecule has 0 aliphatic carbocycles. The molecule has 1 aromatic rings. The maximum absolute atomic E-state index is 10.4. The molecule has 1 aromatic carbocycles. The molecule has 0 radical (unpaired) electrons. The van der Waals surface area contributed by atoms with Crippen LogP contribution in [0.25, 0.3) is 0 Å². The van der Waals surface area contributed by atoms with Crippen LogP contribution in [0.1, 0.15) is 22.3 Å². The number of carbonyl (C=O) groups is 1. The molecule has 1 aliphatic heterocycles. The van der Waals surface area contributed by atoms with E-state index in [2.05, 4.69) is 0 Å². The molecule has 104 valence electrons. The molecule has 1 aliphatic rings. The Balaban J connectivity index is 2.33. The monoisotopic (exact) mass is 266 g/mol. The van der Waals surface area contributed by atoms with Crippen molar-refractivity contribution in [3.8, 4) is 0 Å². The van der Waals surface area contributed by atoms with E-state index in [0.717, 1.165) is 22.3 Å². The predicted molar refractivity (Wildman–Crippen MR) is 67.3 cm³/mol. The minimum atomic E-state index is -0.515. The molecule has 0 N–H and O–H groups in total. The smallest absolute Gasteiger partial charge is 0.295 e. The fourth-order valence-electron chi connectivity index (χ4n) is 2.36. The number of benzene rings is 1. The van der Waals surface area contributed by atoms with Gasteiger partial charge in [0.1, 0.15) is 0 Å². The van der Waals surface area contributed by atoms with Crippen LogP contribution in [0.4, 0.5) is 0 Å². The molecule has 5 heteroatoms. The van der Waals surface area contributed by atoms with Gasteiger partial charge in [-0.05, 0) is 22.3 Å². The largest absolute Gasteiger partial charge is 0.438 e. The van der Waals surface area contributed by atoms with Crippen molar-refractivity contribution in [1.29, 1.82) is 0 Å². The van der Waals surface area contributed by atoms with Crippen molar-refractivity contribution >= 4 is 6.47 Å². The van der Waals surface area contributed by atoms with Gasteiger partial charge in [0.05, 0.1) is 19.8 Å². The third kappa shape index (κ3) is 3.12. The summed E-state index contributed by atoms with van der Waals surface area (Å²) in [5.41, 5.74) is 4.44. The summed E-state index contributed by atoms with van der Waals surface area (Å²) >= 11 is 0. The van der Waals surface area contributed by atoms with Crippen LogP contribution in [0.15, 0.2) is 12.1 Å². The molecule has 0 fully saturated rings. The highest BCUT2D eigenvalue weighted by Gasteiger charge is 2.24. The van der Waals surface area contributed by atoms with E-state index in [1.807, 2.05) is 12.1 Å². The lowest BCUT2D eigenvalue weighted by Crippen LogP contribution is -2.27. The van der Waals surface area contributed by atoms with Gasteiger partial charge in [0.2, 0.25) is 6.29 Å². The highest BCUT2D eigenvalue weighted by atomic mass is 16.7. The standard InChI is InChI=1S/C14H18O5/c1-16-6-10-3-4-11(7-17-2)13-8-18-14(19-9-15)5-12(10)13/h3-4,9,14H,5-8H2,1-2H3. The average Bonchev–Trinajstić information content (AvgIpc) is 2.42. The predicted octanol–water partition coefficient (Wildman–Crippen LogP) is 1.55. The van der Waals surface area contributed by atoms with Gasteiger partial charge in [-0.2, -0.15) is 0 Å². The number of fused-ring (bicyclic) bond motifs is 1. The third-order valence-electron chi connectivity index (χ3n) is 3.22. The molecule has 0 saturated carbocycles. The number of hydrogen-bond donors (Lipinski definition) is 0. The maximum Gasteiger partial charge on any atom is 0.295 e. The van der Waals surface area contributed by atoms with E-state index >= 15 is 0 Å². The Hall–Kier alpha value is -1.43. The van der Waals surface area contributed by atoms with Crippen LogP contribution in [-0.2, 0) is 50.0 Å². The molecule has 0 aromatic heterocycles. The van der Waals surface area contributed by atoms with Crippen LogP contribution in [-0.4, -0.2) is 27.0 Å². The third-order valence-corrected chi connectivity index (χ3v) is 3.22. The van der Waals surface area contributed by atoms with E-state index in [-0.39, 0.29) is 0 Å². The van der Waals surface area contributed by atoms with Gasteiger partial charge in [-0.15, -0.1) is 0 Å². The first-order valence-corrected chi connectivity index (χ1v) is 6.11. The maximum atomic E-state index is 10.4. The van der Waals surface area contributed by atoms with Gasteiger partial charge >= 0.3 is 0 Å². The van der Waals surface area contributed by atoms with Gasteiger partial charge in [-0.25, -0.2) is 0 Å². The van der Waals surface area contributed by atoms with Gasteiger partial charge in [-0.3, -0.25) is 4.79 Å². The zero-order valence-electron chi connectivity index (χ0n) is 11.2. The zero-order valence-corrected chi connectivity index (χ0v) is 11.2. The summed E-state index contributed by atoms with van der Waals surface area (Å²) in [6, 6.07) is 4.06. The van der Waals surface area contributed by atoms with E-state index in [9.17, 15) is 4.79 Å². The molecule has 19 heavy (non-hydrogen) atoms. The van der Waals surface area contributed by atoms with Crippen molar-refractivity contribution in [2.24, 2.45) is 0 Å². The molecular weight excluding hydrogens is 248 g/mol. The van der Waals surface area contributed by atoms with Crippen LogP contribution in [0.3, 0.4) is 0 Å². The van der Waals surface area contributed by atoms with Crippen molar-refractivity contribution in [2.75, 3.05) is 14.2 Å². The average molecular weight is 266 g/mol. The molecular formula is C14H18O5. The van der Waals surface area contributed by atoms with Gasteiger partial charge in [0.15, 0.2) is 0 Å². The minimum Gasteiger partial charge on any atom is -0.438 e. The quantitative estimate of drug-likeness (QED) is 0.731. The highest BCUT2D eigenvalue weighted by Crippen LogP contribution is 2.28. The van der Waals surface area contributed by atoms with Crippen molar-refractivity contribution in [3.63, 3.8) is 0 Å². The summed E-state index contributed by atoms with van der Waals surface area (Å²) < 4.78 is 20.8. The molecule has 2 rings (SSSR count). The molecule has 0 spiro atoms. The van der Waals surface area contributed by atoms with Crippen LogP contribution >= 0.6 is 0 Å². The zero-order chi connectivity index (χ0) is 13.7. The molecule has 0 bridgehead atoms. The van der Waals surface area contributed by atoms with Gasteiger partial charge in [0.25, 0.3) is 6.47 Å². The Morgan fingerprint density at radius 1 is 1.21 bits per heavy atom. The SMILES string of the molecule is COCc1ccc(COC)c2c1COC(OC=O)C2. The normalized spacial score (nSPS) is 17.9. The fraction of sp³-hybridized carbons (Fsp3) is 0.500. The topological polar surface area (TPSA) is 54.0 Å². The van der Waals surface area contributed by atoms with Crippen molar-refractivity contribution in [2.45, 2.75) is 32.5 Å². The van der Waals surface area contributed by atoms with Crippen molar-refractivity contribution in [3.05, 3.63) is 34.4 Å². The second kappa shape index (κ2) is 6.65. The van der Waals surface area contributed by atoms with E-state index in [1.54, 1.807) is 14.2 Å². The summed E-state index contributed by atoms with van der Waals surface area (Å²) in [6.07, 6.45) is 0.0306. The minimum absolute atomic E-state index is 0.421. The van der Waals surface area contributed by atoms with E-state index < -0.39 is 6.29 Å². The lowest BCUT2D eigenvalue weighted by molar-refractivity contribution is -0.169. The first-order valence-electron chi connectivity index (χ1n) is 6.11. The molecule has 1 unspecified atom stereocenters. The Kier molecular flexibility index (Phi) is 4.90. The summed E-state index contributed by atoms with van der Waals surface area (Å²) in [5, 5.41) is 0. The summed E-state index contributed by atoms with van der Waals surface area (Å²) in [5.74, 6) is 0. The van der Waals surface area contributed by atoms with E-state index in [1.165, 1.54) is 0 Å². The molecule has 1 atom stereocenters.